The van der Waals surface area contributed by atoms with E-state index >= 15 is 0 Å². The van der Waals surface area contributed by atoms with Crippen LogP contribution in [0.2, 0.25) is 0 Å². The predicted octanol–water partition coefficient (Wildman–Crippen LogP) is 1.42. The summed E-state index contributed by atoms with van der Waals surface area (Å²) in [4.78, 5) is 10.3. The number of nitrogens with zero attached hydrogens (tertiary/aromatic N) is 2. The Morgan fingerprint density at radius 1 is 0.905 bits per heavy atom. The summed E-state index contributed by atoms with van der Waals surface area (Å²) >= 11 is 0. The van der Waals surface area contributed by atoms with Crippen molar-refractivity contribution in [1.29, 1.82) is 0 Å². The number of carboxylic acid groups (broad SMARTS) is 1. The Bertz CT molecular complexity index is 207. The molecule has 0 aliphatic carbocycles. The fourth-order valence-corrected chi connectivity index (χ4v) is 0.939. The molecule has 132 valence electrons. The van der Waals surface area contributed by atoms with Gasteiger partial charge in [-0.15, -0.1) is 0 Å². The quantitative estimate of drug-likeness (QED) is 0.721. The van der Waals surface area contributed by atoms with E-state index in [1.807, 2.05) is 6.92 Å². The predicted molar refractivity (Wildman–Crippen MR) is 88.2 cm³/mol. The highest BCUT2D eigenvalue weighted by atomic mass is 16.4. The average molecular weight is 309 g/mol. The van der Waals surface area contributed by atoms with Crippen LogP contribution in [-0.2, 0) is 4.79 Å². The summed E-state index contributed by atoms with van der Waals surface area (Å²) < 4.78 is 2.00. The largest absolute Gasteiger partial charge is 0.870 e. The molecule has 0 aromatic heterocycles. The second kappa shape index (κ2) is 14.3. The van der Waals surface area contributed by atoms with E-state index in [1.165, 1.54) is 0 Å². The highest BCUT2D eigenvalue weighted by Gasteiger charge is 2.04. The molecule has 1 N–H and O–H groups in total. The number of hydrogen-bond acceptors (Lipinski definition) is 3. The number of hydrogen-bond donors (Lipinski definition) is 0. The molecule has 0 aliphatic heterocycles. The van der Waals surface area contributed by atoms with Gasteiger partial charge < -0.3 is 24.3 Å². The SMILES string of the molecule is CCCCC(CC)C(=O)[O-].C[N+](C)(C)C.C[N+](C)(C)C.[OH-]. The first-order valence-corrected chi connectivity index (χ1v) is 7.51. The summed E-state index contributed by atoms with van der Waals surface area (Å²) in [5.74, 6) is -1.11. The maximum absolute atomic E-state index is 10.3. The van der Waals surface area contributed by atoms with E-state index in [0.717, 1.165) is 28.2 Å². The molecule has 0 spiro atoms. The lowest BCUT2D eigenvalue weighted by molar-refractivity contribution is -0.849. The van der Waals surface area contributed by atoms with Crippen molar-refractivity contribution in [3.8, 4) is 0 Å². The van der Waals surface area contributed by atoms with E-state index in [9.17, 15) is 9.90 Å². The van der Waals surface area contributed by atoms with E-state index < -0.39 is 5.97 Å². The minimum Gasteiger partial charge on any atom is -0.870 e. The first-order valence-electron chi connectivity index (χ1n) is 7.51. The van der Waals surface area contributed by atoms with Crippen molar-refractivity contribution in [1.82, 2.24) is 0 Å². The zero-order valence-electron chi connectivity index (χ0n) is 16.1. The first kappa shape index (κ1) is 28.5. The van der Waals surface area contributed by atoms with Crippen LogP contribution < -0.4 is 5.11 Å². The third-order valence-corrected chi connectivity index (χ3v) is 1.73. The van der Waals surface area contributed by atoms with Crippen LogP contribution in [0.15, 0.2) is 0 Å². The van der Waals surface area contributed by atoms with E-state index in [2.05, 4.69) is 63.3 Å². The number of carboxylic acids is 1. The molecular formula is C16H40N2O3. The fraction of sp³-hybridized carbons (Fsp3) is 0.938. The molecule has 0 amide bonds. The van der Waals surface area contributed by atoms with E-state index in [1.54, 1.807) is 0 Å². The van der Waals surface area contributed by atoms with Crippen molar-refractivity contribution < 1.29 is 24.3 Å². The fourth-order valence-electron chi connectivity index (χ4n) is 0.939. The Morgan fingerprint density at radius 3 is 1.33 bits per heavy atom. The Morgan fingerprint density at radius 2 is 1.19 bits per heavy atom. The molecule has 0 bridgehead atoms. The molecule has 0 saturated carbocycles. The van der Waals surface area contributed by atoms with Gasteiger partial charge in [0.15, 0.2) is 0 Å². The molecular weight excluding hydrogens is 268 g/mol. The zero-order valence-corrected chi connectivity index (χ0v) is 16.1. The number of carbonyl (C=O) groups excluding carboxylic acids is 1. The molecule has 0 aromatic carbocycles. The number of carbonyl (C=O) groups is 1. The molecule has 0 saturated heterocycles. The van der Waals surface area contributed by atoms with Gasteiger partial charge in [-0.25, -0.2) is 0 Å². The smallest absolute Gasteiger partial charge is 0.0675 e. The Labute approximate surface area is 133 Å². The van der Waals surface area contributed by atoms with Crippen molar-refractivity contribution >= 4 is 5.97 Å². The van der Waals surface area contributed by atoms with Gasteiger partial charge >= 0.3 is 0 Å². The molecule has 1 unspecified atom stereocenters. The van der Waals surface area contributed by atoms with Gasteiger partial charge in [-0.05, 0) is 18.8 Å². The summed E-state index contributed by atoms with van der Waals surface area (Å²) in [5, 5.41) is 10.3. The minimum atomic E-state index is -0.893. The van der Waals surface area contributed by atoms with Crippen LogP contribution in [0.1, 0.15) is 39.5 Å². The molecule has 0 fully saturated rings. The third kappa shape index (κ3) is 66.6. The van der Waals surface area contributed by atoms with Crippen molar-refractivity contribution in [3.05, 3.63) is 0 Å². The van der Waals surface area contributed by atoms with Crippen LogP contribution in [0, 0.1) is 5.92 Å². The van der Waals surface area contributed by atoms with Crippen LogP contribution in [0.5, 0.6) is 0 Å². The molecule has 0 radical (unpaired) electrons. The maximum Gasteiger partial charge on any atom is 0.0675 e. The van der Waals surface area contributed by atoms with Gasteiger partial charge in [-0.1, -0.05) is 26.7 Å². The summed E-state index contributed by atoms with van der Waals surface area (Å²) in [6.45, 7) is 3.94. The Balaban J connectivity index is -0.000000112. The van der Waals surface area contributed by atoms with Gasteiger partial charge in [0.1, 0.15) is 0 Å². The lowest BCUT2D eigenvalue weighted by Crippen LogP contribution is -2.30. The molecule has 5 heteroatoms. The van der Waals surface area contributed by atoms with Crippen molar-refractivity contribution in [2.24, 2.45) is 5.92 Å². The van der Waals surface area contributed by atoms with Crippen LogP contribution in [0.3, 0.4) is 0 Å². The monoisotopic (exact) mass is 308 g/mol. The number of unbranched alkanes of at least 4 members (excludes halogenated alkanes) is 1. The molecule has 0 aliphatic rings. The Kier molecular flexibility index (Phi) is 19.4. The second-order valence-corrected chi connectivity index (χ2v) is 7.93. The van der Waals surface area contributed by atoms with Gasteiger partial charge in [0.25, 0.3) is 0 Å². The van der Waals surface area contributed by atoms with E-state index in [-0.39, 0.29) is 11.4 Å². The van der Waals surface area contributed by atoms with Crippen LogP contribution >= 0.6 is 0 Å². The molecule has 0 rings (SSSR count). The van der Waals surface area contributed by atoms with Crippen LogP contribution in [0.25, 0.3) is 0 Å². The summed E-state index contributed by atoms with van der Waals surface area (Å²) in [6, 6.07) is 0. The summed E-state index contributed by atoms with van der Waals surface area (Å²) in [5.41, 5.74) is 0. The topological polar surface area (TPSA) is 70.1 Å². The van der Waals surface area contributed by atoms with Gasteiger partial charge in [0.05, 0.1) is 56.4 Å². The van der Waals surface area contributed by atoms with E-state index in [4.69, 9.17) is 0 Å². The van der Waals surface area contributed by atoms with Crippen LogP contribution in [-0.4, -0.2) is 76.8 Å². The van der Waals surface area contributed by atoms with Crippen LogP contribution in [0.4, 0.5) is 0 Å². The van der Waals surface area contributed by atoms with Gasteiger partial charge in [-0.2, -0.15) is 0 Å². The molecule has 1 atom stereocenters. The third-order valence-electron chi connectivity index (χ3n) is 1.73. The molecule has 21 heavy (non-hydrogen) atoms. The lowest BCUT2D eigenvalue weighted by atomic mass is 10.00. The number of rotatable bonds is 5. The number of aliphatic carboxylic acids is 1. The molecule has 5 nitrogen and oxygen atoms in total. The van der Waals surface area contributed by atoms with Gasteiger partial charge in [0, 0.05) is 5.97 Å². The standard InChI is InChI=1S/C8H16O2.2C4H12N.H2O/c1-3-5-6-7(4-2)8(9)10;2*1-5(2,3)4;/h7H,3-6H2,1-2H3,(H,9,10);2*1-4H3;1H2/q;2*+1;/p-2. The maximum atomic E-state index is 10.3. The van der Waals surface area contributed by atoms with E-state index in [0.29, 0.717) is 6.42 Å². The first-order chi connectivity index (χ1) is 8.72. The van der Waals surface area contributed by atoms with Crippen molar-refractivity contribution in [2.45, 2.75) is 39.5 Å². The van der Waals surface area contributed by atoms with Gasteiger partial charge in [-0.3, -0.25) is 0 Å². The van der Waals surface area contributed by atoms with Gasteiger partial charge in [0.2, 0.25) is 0 Å². The lowest BCUT2D eigenvalue weighted by Gasteiger charge is -2.14. The molecule has 0 heterocycles. The highest BCUT2D eigenvalue weighted by Crippen LogP contribution is 2.10. The Hall–Kier alpha value is -0.650. The van der Waals surface area contributed by atoms with Crippen molar-refractivity contribution in [2.75, 3.05) is 56.4 Å². The summed E-state index contributed by atoms with van der Waals surface area (Å²) in [6.07, 6.45) is 3.52. The summed E-state index contributed by atoms with van der Waals surface area (Å²) in [7, 11) is 17.0. The second-order valence-electron chi connectivity index (χ2n) is 7.93. The minimum absolute atomic E-state index is 0. The molecule has 0 aromatic rings. The average Bonchev–Trinajstić information content (AvgIpc) is 2.13. The van der Waals surface area contributed by atoms with Crippen molar-refractivity contribution in [3.63, 3.8) is 0 Å². The normalized spacial score (nSPS) is 11.9. The number of quaternary nitrogens is 2. The zero-order chi connectivity index (χ0) is 17.0. The highest BCUT2D eigenvalue weighted by molar-refractivity contribution is 5.67.